The van der Waals surface area contributed by atoms with Crippen molar-refractivity contribution in [1.29, 1.82) is 0 Å². The van der Waals surface area contributed by atoms with Gasteiger partial charge in [-0.05, 0) is 56.0 Å². The van der Waals surface area contributed by atoms with Gasteiger partial charge >= 0.3 is 5.97 Å². The molecule has 0 spiro atoms. The molecule has 162 valence electrons. The Hall–Kier alpha value is -3.55. The Balaban J connectivity index is 1.68. The quantitative estimate of drug-likeness (QED) is 0.443. The second kappa shape index (κ2) is 8.67. The third kappa shape index (κ3) is 4.96. The average molecular weight is 425 g/mol. The molecule has 0 bridgehead atoms. The molecule has 3 aromatic rings. The first-order valence-electron chi connectivity index (χ1n) is 10.2. The molecule has 7 nitrogen and oxygen atoms in total. The highest BCUT2D eigenvalue weighted by atomic mass is 19.1. The van der Waals surface area contributed by atoms with Crippen molar-refractivity contribution in [2.45, 2.75) is 26.7 Å². The number of carbonyl (C=O) groups is 2. The van der Waals surface area contributed by atoms with Crippen LogP contribution in [0.4, 0.5) is 21.5 Å². The lowest BCUT2D eigenvalue weighted by molar-refractivity contribution is -0.114. The van der Waals surface area contributed by atoms with Gasteiger partial charge in [0.1, 0.15) is 5.69 Å². The molecule has 4 rings (SSSR count). The van der Waals surface area contributed by atoms with Crippen LogP contribution in [0.2, 0.25) is 0 Å². The first-order valence-corrected chi connectivity index (χ1v) is 10.2. The zero-order valence-electron chi connectivity index (χ0n) is 17.4. The number of fused-ring (bicyclic) bond motifs is 1. The van der Waals surface area contributed by atoms with Crippen molar-refractivity contribution in [3.05, 3.63) is 47.9 Å². The fraction of sp³-hybridized carbons (Fsp3) is 0.304. The minimum Gasteiger partial charge on any atom is -0.490 e. The van der Waals surface area contributed by atoms with Crippen LogP contribution in [0, 0.1) is 11.7 Å². The zero-order valence-corrected chi connectivity index (χ0v) is 17.4. The van der Waals surface area contributed by atoms with Crippen LogP contribution < -0.4 is 15.4 Å². The van der Waals surface area contributed by atoms with E-state index in [-0.39, 0.29) is 18.3 Å². The van der Waals surface area contributed by atoms with Crippen molar-refractivity contribution >= 4 is 39.8 Å². The first kappa shape index (κ1) is 20.7. The summed E-state index contributed by atoms with van der Waals surface area (Å²) in [6.07, 6.45) is 2.23. The van der Waals surface area contributed by atoms with Gasteiger partial charge < -0.3 is 25.1 Å². The lowest BCUT2D eigenvalue weighted by Gasteiger charge is -2.13. The van der Waals surface area contributed by atoms with Crippen molar-refractivity contribution in [3.8, 4) is 5.75 Å². The van der Waals surface area contributed by atoms with Gasteiger partial charge in [0.15, 0.2) is 11.6 Å². The van der Waals surface area contributed by atoms with Crippen LogP contribution >= 0.6 is 0 Å². The topological polar surface area (TPSA) is 92.4 Å². The molecule has 8 heteroatoms. The molecule has 0 saturated heterocycles. The van der Waals surface area contributed by atoms with Gasteiger partial charge in [-0.3, -0.25) is 4.79 Å². The number of benzene rings is 2. The summed E-state index contributed by atoms with van der Waals surface area (Å²) in [5.41, 5.74) is 2.74. The number of H-pyrrole nitrogens is 1. The number of rotatable bonds is 8. The highest BCUT2D eigenvalue weighted by Crippen LogP contribution is 2.34. The summed E-state index contributed by atoms with van der Waals surface area (Å²) in [5, 5.41) is 6.72. The second-order valence-electron chi connectivity index (χ2n) is 7.59. The standard InChI is InChI=1S/C23H24FN3O4/c1-3-30-23(29)21-11-17-19(8-16(25-13(2)28)9-20(17)27-21)26-15-6-7-18(24)22(10-15)31-12-14-4-5-14/h6-11,14,26-27H,3-5,12H2,1-2H3,(H,25,28). The molecule has 0 radical (unpaired) electrons. The molecule has 1 aliphatic carbocycles. The largest absolute Gasteiger partial charge is 0.490 e. The Morgan fingerprint density at radius 2 is 1.97 bits per heavy atom. The molecule has 0 atom stereocenters. The van der Waals surface area contributed by atoms with E-state index in [0.29, 0.717) is 40.8 Å². The van der Waals surface area contributed by atoms with Gasteiger partial charge in [-0.25, -0.2) is 9.18 Å². The van der Waals surface area contributed by atoms with Crippen molar-refractivity contribution in [3.63, 3.8) is 0 Å². The van der Waals surface area contributed by atoms with Crippen LogP contribution in [0.25, 0.3) is 10.9 Å². The van der Waals surface area contributed by atoms with Gasteiger partial charge in [0, 0.05) is 29.8 Å². The van der Waals surface area contributed by atoms with Crippen LogP contribution in [0.5, 0.6) is 5.75 Å². The minimum absolute atomic E-state index is 0.187. The molecule has 1 heterocycles. The molecular weight excluding hydrogens is 401 g/mol. The number of ether oxygens (including phenoxy) is 2. The third-order valence-corrected chi connectivity index (χ3v) is 4.94. The summed E-state index contributed by atoms with van der Waals surface area (Å²) in [7, 11) is 0. The molecule has 1 fully saturated rings. The highest BCUT2D eigenvalue weighted by Gasteiger charge is 2.22. The maximum Gasteiger partial charge on any atom is 0.354 e. The Kier molecular flexibility index (Phi) is 5.79. The summed E-state index contributed by atoms with van der Waals surface area (Å²) in [5.74, 6) is -0.420. The number of carbonyl (C=O) groups excluding carboxylic acids is 2. The number of aromatic nitrogens is 1. The van der Waals surface area contributed by atoms with E-state index < -0.39 is 11.8 Å². The van der Waals surface area contributed by atoms with Crippen LogP contribution in [-0.4, -0.2) is 30.1 Å². The Bertz CT molecular complexity index is 1140. The van der Waals surface area contributed by atoms with Crippen molar-refractivity contribution < 1.29 is 23.5 Å². The van der Waals surface area contributed by atoms with Crippen LogP contribution in [0.3, 0.4) is 0 Å². The monoisotopic (exact) mass is 425 g/mol. The first-order chi connectivity index (χ1) is 14.9. The number of aromatic amines is 1. The lowest BCUT2D eigenvalue weighted by atomic mass is 10.1. The van der Waals surface area contributed by atoms with Crippen LogP contribution in [0.15, 0.2) is 36.4 Å². The Morgan fingerprint density at radius 3 is 2.68 bits per heavy atom. The van der Waals surface area contributed by atoms with E-state index in [1.165, 1.54) is 13.0 Å². The van der Waals surface area contributed by atoms with E-state index in [1.54, 1.807) is 37.3 Å². The smallest absolute Gasteiger partial charge is 0.354 e. The van der Waals surface area contributed by atoms with Gasteiger partial charge in [-0.15, -0.1) is 0 Å². The summed E-state index contributed by atoms with van der Waals surface area (Å²) < 4.78 is 24.8. The fourth-order valence-corrected chi connectivity index (χ4v) is 3.27. The summed E-state index contributed by atoms with van der Waals surface area (Å²) in [4.78, 5) is 26.7. The molecule has 31 heavy (non-hydrogen) atoms. The van der Waals surface area contributed by atoms with Gasteiger partial charge in [-0.1, -0.05) is 0 Å². The number of esters is 1. The van der Waals surface area contributed by atoms with E-state index in [9.17, 15) is 14.0 Å². The summed E-state index contributed by atoms with van der Waals surface area (Å²) >= 11 is 0. The van der Waals surface area contributed by atoms with E-state index in [0.717, 1.165) is 18.2 Å². The van der Waals surface area contributed by atoms with Gasteiger partial charge in [0.05, 0.1) is 24.4 Å². The predicted octanol–water partition coefficient (Wildman–Crippen LogP) is 4.97. The number of anilines is 3. The Labute approximate surface area is 178 Å². The zero-order chi connectivity index (χ0) is 22.0. The molecular formula is C23H24FN3O4. The van der Waals surface area contributed by atoms with Crippen molar-refractivity contribution in [1.82, 2.24) is 4.98 Å². The van der Waals surface area contributed by atoms with Crippen molar-refractivity contribution in [2.24, 2.45) is 5.92 Å². The summed E-state index contributed by atoms with van der Waals surface area (Å²) in [6.45, 7) is 3.92. The predicted molar refractivity (Wildman–Crippen MR) is 116 cm³/mol. The molecule has 0 unspecified atom stereocenters. The highest BCUT2D eigenvalue weighted by molar-refractivity contribution is 6.03. The average Bonchev–Trinajstić information content (AvgIpc) is 3.44. The van der Waals surface area contributed by atoms with Crippen molar-refractivity contribution in [2.75, 3.05) is 23.8 Å². The molecule has 1 amide bonds. The lowest BCUT2D eigenvalue weighted by Crippen LogP contribution is -2.06. The van der Waals surface area contributed by atoms with E-state index in [1.807, 2.05) is 0 Å². The third-order valence-electron chi connectivity index (χ3n) is 4.94. The number of hydrogen-bond donors (Lipinski definition) is 3. The number of nitrogens with one attached hydrogen (secondary N) is 3. The molecule has 2 aromatic carbocycles. The van der Waals surface area contributed by atoms with Gasteiger partial charge in [0.2, 0.25) is 5.91 Å². The Morgan fingerprint density at radius 1 is 1.16 bits per heavy atom. The molecule has 1 saturated carbocycles. The number of amides is 1. The normalized spacial score (nSPS) is 13.1. The van der Waals surface area contributed by atoms with Gasteiger partial charge in [0.25, 0.3) is 0 Å². The molecule has 1 aromatic heterocycles. The maximum absolute atomic E-state index is 14.1. The van der Waals surface area contributed by atoms with E-state index >= 15 is 0 Å². The maximum atomic E-state index is 14.1. The fourth-order valence-electron chi connectivity index (χ4n) is 3.27. The van der Waals surface area contributed by atoms with Crippen LogP contribution in [0.1, 0.15) is 37.2 Å². The molecule has 0 aliphatic heterocycles. The van der Waals surface area contributed by atoms with Crippen LogP contribution in [-0.2, 0) is 9.53 Å². The summed E-state index contributed by atoms with van der Waals surface area (Å²) in [6, 6.07) is 9.73. The molecule has 3 N–H and O–H groups in total. The van der Waals surface area contributed by atoms with E-state index in [2.05, 4.69) is 15.6 Å². The number of halogens is 1. The van der Waals surface area contributed by atoms with E-state index in [4.69, 9.17) is 9.47 Å². The SMILES string of the molecule is CCOC(=O)c1cc2c(Nc3ccc(F)c(OCC4CC4)c3)cc(NC(C)=O)cc2[nH]1. The number of hydrogen-bond acceptors (Lipinski definition) is 5. The minimum atomic E-state index is -0.469. The second-order valence-corrected chi connectivity index (χ2v) is 7.59. The molecule has 1 aliphatic rings. The van der Waals surface area contributed by atoms with Gasteiger partial charge in [-0.2, -0.15) is 0 Å².